The number of nitrogens with zero attached hydrogens (tertiary/aromatic N) is 2. The number of fused-ring (bicyclic) bond motifs is 11. The summed E-state index contributed by atoms with van der Waals surface area (Å²) in [4.78, 5) is 0. The number of hydrogen-bond acceptors (Lipinski definition) is 0. The molecule has 238 valence electrons. The highest BCUT2D eigenvalue weighted by Crippen LogP contribution is 2.61. The molecule has 8 aromatic carbocycles. The third kappa shape index (κ3) is 3.71. The van der Waals surface area contributed by atoms with Crippen LogP contribution in [0, 0.1) is 0 Å². The van der Waals surface area contributed by atoms with Crippen molar-refractivity contribution in [2.24, 2.45) is 0 Å². The summed E-state index contributed by atoms with van der Waals surface area (Å²) in [5.41, 5.74) is 14.4. The van der Waals surface area contributed by atoms with Gasteiger partial charge < -0.3 is 9.13 Å². The topological polar surface area (TPSA) is 9.86 Å². The Morgan fingerprint density at radius 1 is 0.294 bits per heavy atom. The highest BCUT2D eigenvalue weighted by molar-refractivity contribution is 6.20. The fourth-order valence-electron chi connectivity index (χ4n) is 9.30. The van der Waals surface area contributed by atoms with Gasteiger partial charge in [-0.15, -0.1) is 0 Å². The van der Waals surface area contributed by atoms with Crippen LogP contribution in [0.4, 0.5) is 0 Å². The van der Waals surface area contributed by atoms with Crippen molar-refractivity contribution in [1.29, 1.82) is 0 Å². The summed E-state index contributed by atoms with van der Waals surface area (Å²) in [6.45, 7) is 0. The smallest absolute Gasteiger partial charge is 0.0727 e. The Balaban J connectivity index is 1.40. The van der Waals surface area contributed by atoms with E-state index in [1.165, 1.54) is 77.0 Å². The zero-order valence-corrected chi connectivity index (χ0v) is 27.9. The first-order valence-corrected chi connectivity index (χ1v) is 17.7. The molecule has 0 N–H and O–H groups in total. The van der Waals surface area contributed by atoms with Crippen LogP contribution < -0.4 is 0 Å². The van der Waals surface area contributed by atoms with Gasteiger partial charge in [-0.3, -0.25) is 0 Å². The minimum Gasteiger partial charge on any atom is -0.309 e. The number of hydrogen-bond donors (Lipinski definition) is 0. The van der Waals surface area contributed by atoms with E-state index in [0.717, 1.165) is 11.4 Å². The van der Waals surface area contributed by atoms with E-state index in [2.05, 4.69) is 203 Å². The van der Waals surface area contributed by atoms with Crippen molar-refractivity contribution in [3.8, 4) is 22.5 Å². The average molecular weight is 649 g/mol. The van der Waals surface area contributed by atoms with E-state index in [4.69, 9.17) is 0 Å². The summed E-state index contributed by atoms with van der Waals surface area (Å²) < 4.78 is 4.90. The van der Waals surface area contributed by atoms with Crippen molar-refractivity contribution in [2.75, 3.05) is 0 Å². The monoisotopic (exact) mass is 648 g/mol. The number of rotatable bonds is 4. The number of benzene rings is 8. The maximum Gasteiger partial charge on any atom is 0.0727 e. The quantitative estimate of drug-likeness (QED) is 0.180. The van der Waals surface area contributed by atoms with Crippen molar-refractivity contribution in [3.63, 3.8) is 0 Å². The van der Waals surface area contributed by atoms with Gasteiger partial charge in [0.1, 0.15) is 0 Å². The van der Waals surface area contributed by atoms with E-state index >= 15 is 0 Å². The van der Waals surface area contributed by atoms with Gasteiger partial charge in [0.05, 0.1) is 27.5 Å². The molecule has 0 saturated carbocycles. The third-order valence-electron chi connectivity index (χ3n) is 11.2. The lowest BCUT2D eigenvalue weighted by atomic mass is 9.66. The lowest BCUT2D eigenvalue weighted by Gasteiger charge is -2.35. The van der Waals surface area contributed by atoms with E-state index < -0.39 is 5.41 Å². The Hall–Kier alpha value is -6.64. The zero-order chi connectivity index (χ0) is 33.5. The number of para-hydroxylation sites is 4. The molecule has 0 bridgehead atoms. The Kier molecular flexibility index (Phi) is 5.91. The molecule has 0 saturated heterocycles. The van der Waals surface area contributed by atoms with Crippen molar-refractivity contribution < 1.29 is 0 Å². The highest BCUT2D eigenvalue weighted by atomic mass is 15.0. The zero-order valence-electron chi connectivity index (χ0n) is 27.9. The Labute approximate surface area is 296 Å². The molecule has 11 rings (SSSR count). The van der Waals surface area contributed by atoms with E-state index in [9.17, 15) is 0 Å². The molecule has 1 aliphatic carbocycles. The van der Waals surface area contributed by atoms with E-state index in [1.54, 1.807) is 0 Å². The van der Waals surface area contributed by atoms with E-state index in [0.29, 0.717) is 0 Å². The SMILES string of the molecule is c1ccc(-n2c3ccccc3c3c4c(ccc32)-c2ccc3c(c2C4(c2ccccc2)c2ccccc2)c2ccccc2n3-c2ccccc2)cc1. The molecule has 0 fully saturated rings. The molecule has 0 spiro atoms. The van der Waals surface area contributed by atoms with Crippen molar-refractivity contribution >= 4 is 43.6 Å². The van der Waals surface area contributed by atoms with Crippen LogP contribution in [0.1, 0.15) is 22.3 Å². The van der Waals surface area contributed by atoms with Crippen molar-refractivity contribution in [2.45, 2.75) is 5.41 Å². The summed E-state index contributed by atoms with van der Waals surface area (Å²) >= 11 is 0. The van der Waals surface area contributed by atoms with Gasteiger partial charge in [-0.1, -0.05) is 146 Å². The summed E-state index contributed by atoms with van der Waals surface area (Å²) in [6, 6.07) is 71.5. The van der Waals surface area contributed by atoms with Gasteiger partial charge in [0.15, 0.2) is 0 Å². The molecule has 1 aliphatic rings. The first-order valence-electron chi connectivity index (χ1n) is 17.7. The molecule has 10 aromatic rings. The predicted octanol–water partition coefficient (Wildman–Crippen LogP) is 12.2. The molecular weight excluding hydrogens is 617 g/mol. The predicted molar refractivity (Wildman–Crippen MR) is 212 cm³/mol. The average Bonchev–Trinajstić information content (AvgIpc) is 3.83. The largest absolute Gasteiger partial charge is 0.309 e. The van der Waals surface area contributed by atoms with Crippen LogP contribution in [0.5, 0.6) is 0 Å². The van der Waals surface area contributed by atoms with Crippen LogP contribution in [0.15, 0.2) is 194 Å². The molecule has 2 aromatic heterocycles. The molecular formula is C49H32N2. The highest BCUT2D eigenvalue weighted by Gasteiger charge is 2.49. The molecule has 2 nitrogen and oxygen atoms in total. The van der Waals surface area contributed by atoms with Gasteiger partial charge in [0, 0.05) is 32.9 Å². The second-order valence-electron chi connectivity index (χ2n) is 13.6. The minimum absolute atomic E-state index is 0.608. The van der Waals surface area contributed by atoms with Gasteiger partial charge >= 0.3 is 0 Å². The Morgan fingerprint density at radius 2 is 0.647 bits per heavy atom. The standard InChI is InChI=1S/C49H32N2/c1-5-17-33(18-6-1)49(34-19-7-2-8-20-34)47-37(29-31-43-45(47)39-25-13-15-27-41(39)50(43)35-21-9-3-10-22-35)38-30-32-44-46(48(38)49)40-26-14-16-28-42(40)51(44)36-23-11-4-12-24-36/h1-32H. The first kappa shape index (κ1) is 28.2. The maximum absolute atomic E-state index is 2.45. The van der Waals surface area contributed by atoms with E-state index in [-0.39, 0.29) is 0 Å². The van der Waals surface area contributed by atoms with Crippen LogP contribution >= 0.6 is 0 Å². The lowest BCUT2D eigenvalue weighted by Crippen LogP contribution is -2.29. The number of aromatic nitrogens is 2. The van der Waals surface area contributed by atoms with Crippen molar-refractivity contribution in [1.82, 2.24) is 9.13 Å². The van der Waals surface area contributed by atoms with Gasteiger partial charge in [-0.25, -0.2) is 0 Å². The molecule has 2 heterocycles. The van der Waals surface area contributed by atoms with Crippen LogP contribution in [0.2, 0.25) is 0 Å². The maximum atomic E-state index is 2.45. The molecule has 0 radical (unpaired) electrons. The fourth-order valence-corrected chi connectivity index (χ4v) is 9.30. The Morgan fingerprint density at radius 3 is 1.06 bits per heavy atom. The second-order valence-corrected chi connectivity index (χ2v) is 13.6. The normalized spacial score (nSPS) is 13.3. The second kappa shape index (κ2) is 10.7. The molecule has 0 atom stereocenters. The van der Waals surface area contributed by atoms with Crippen LogP contribution in [0.25, 0.3) is 66.1 Å². The van der Waals surface area contributed by atoms with Gasteiger partial charge in [0.2, 0.25) is 0 Å². The summed E-state index contributed by atoms with van der Waals surface area (Å²) in [5.74, 6) is 0. The molecule has 0 unspecified atom stereocenters. The fraction of sp³-hybridized carbons (Fsp3) is 0.0204. The van der Waals surface area contributed by atoms with Crippen LogP contribution in [0.3, 0.4) is 0 Å². The third-order valence-corrected chi connectivity index (χ3v) is 11.2. The summed E-state index contributed by atoms with van der Waals surface area (Å²) in [5, 5.41) is 5.13. The molecule has 0 aliphatic heterocycles. The van der Waals surface area contributed by atoms with Gasteiger partial charge in [-0.2, -0.15) is 0 Å². The first-order chi connectivity index (χ1) is 25.4. The minimum atomic E-state index is -0.608. The molecule has 0 amide bonds. The Bertz CT molecular complexity index is 2730. The van der Waals surface area contributed by atoms with Gasteiger partial charge in [0.25, 0.3) is 0 Å². The van der Waals surface area contributed by atoms with Crippen LogP contribution in [-0.4, -0.2) is 9.13 Å². The van der Waals surface area contributed by atoms with Gasteiger partial charge in [-0.05, 0) is 81.9 Å². The van der Waals surface area contributed by atoms with Crippen LogP contribution in [-0.2, 0) is 5.41 Å². The van der Waals surface area contributed by atoms with Crippen molar-refractivity contribution in [3.05, 3.63) is 216 Å². The summed E-state index contributed by atoms with van der Waals surface area (Å²) in [7, 11) is 0. The summed E-state index contributed by atoms with van der Waals surface area (Å²) in [6.07, 6.45) is 0. The lowest BCUT2D eigenvalue weighted by molar-refractivity contribution is 0.783. The molecule has 51 heavy (non-hydrogen) atoms. The molecule has 2 heteroatoms. The van der Waals surface area contributed by atoms with E-state index in [1.807, 2.05) is 0 Å².